The summed E-state index contributed by atoms with van der Waals surface area (Å²) in [6.45, 7) is 4.02. The van der Waals surface area contributed by atoms with E-state index in [-0.39, 0.29) is 6.10 Å². The minimum absolute atomic E-state index is 0.188. The molecule has 0 fully saturated rings. The highest BCUT2D eigenvalue weighted by atomic mass is 16.5. The van der Waals surface area contributed by atoms with E-state index in [0.717, 1.165) is 11.5 Å². The number of hydrogen-bond acceptors (Lipinski definition) is 2. The molecule has 2 aromatic rings. The molecule has 2 rings (SSSR count). The topological polar surface area (TPSA) is 26.5 Å². The van der Waals surface area contributed by atoms with Crippen LogP contribution in [0.4, 0.5) is 0 Å². The van der Waals surface area contributed by atoms with E-state index in [9.17, 15) is 0 Å². The van der Waals surface area contributed by atoms with Gasteiger partial charge >= 0.3 is 0 Å². The molecule has 0 spiro atoms. The first-order valence-corrected chi connectivity index (χ1v) is 4.36. The van der Waals surface area contributed by atoms with Crippen molar-refractivity contribution in [2.45, 2.75) is 20.0 Å². The molecule has 2 aromatic heterocycles. The zero-order chi connectivity index (χ0) is 9.26. The Morgan fingerprint density at radius 2 is 2.23 bits per heavy atom. The van der Waals surface area contributed by atoms with Crippen LogP contribution < -0.4 is 4.74 Å². The molecule has 0 aliphatic carbocycles. The Labute approximate surface area is 77.0 Å². The molecular formula is C10H12N2O. The van der Waals surface area contributed by atoms with Crippen molar-refractivity contribution in [1.82, 2.24) is 9.38 Å². The van der Waals surface area contributed by atoms with Gasteiger partial charge in [0.2, 0.25) is 0 Å². The van der Waals surface area contributed by atoms with Crippen LogP contribution in [0.15, 0.2) is 30.6 Å². The minimum Gasteiger partial charge on any atom is -0.476 e. The Balaban J connectivity index is 2.48. The molecule has 0 aromatic carbocycles. The maximum atomic E-state index is 5.61. The molecule has 68 valence electrons. The van der Waals surface area contributed by atoms with Gasteiger partial charge in [0, 0.05) is 12.4 Å². The van der Waals surface area contributed by atoms with Gasteiger partial charge in [-0.05, 0) is 26.0 Å². The molecule has 0 atom stereocenters. The molecule has 0 aliphatic rings. The lowest BCUT2D eigenvalue weighted by Gasteiger charge is -2.10. The maximum Gasteiger partial charge on any atom is 0.199 e. The first-order chi connectivity index (χ1) is 6.27. The van der Waals surface area contributed by atoms with E-state index in [1.54, 1.807) is 6.20 Å². The molecule has 0 saturated carbocycles. The smallest absolute Gasteiger partial charge is 0.199 e. The number of ether oxygens (including phenoxy) is 1. The molecule has 0 N–H and O–H groups in total. The summed E-state index contributed by atoms with van der Waals surface area (Å²) in [7, 11) is 0. The lowest BCUT2D eigenvalue weighted by molar-refractivity contribution is 0.230. The Kier molecular flexibility index (Phi) is 1.93. The van der Waals surface area contributed by atoms with Crippen molar-refractivity contribution in [3.63, 3.8) is 0 Å². The van der Waals surface area contributed by atoms with Crippen LogP contribution in [0.3, 0.4) is 0 Å². The highest BCUT2D eigenvalue weighted by molar-refractivity contribution is 5.41. The molecule has 0 radical (unpaired) electrons. The molecule has 0 bridgehead atoms. The van der Waals surface area contributed by atoms with Gasteiger partial charge in [-0.3, -0.25) is 4.40 Å². The number of pyridine rings is 1. The fourth-order valence-corrected chi connectivity index (χ4v) is 1.26. The van der Waals surface area contributed by atoms with Crippen molar-refractivity contribution in [3.05, 3.63) is 30.6 Å². The van der Waals surface area contributed by atoms with Crippen LogP contribution in [0.1, 0.15) is 13.8 Å². The van der Waals surface area contributed by atoms with E-state index in [0.29, 0.717) is 0 Å². The zero-order valence-electron chi connectivity index (χ0n) is 7.77. The third-order valence-electron chi connectivity index (χ3n) is 1.75. The van der Waals surface area contributed by atoms with Gasteiger partial charge in [0.05, 0.1) is 6.10 Å². The second-order valence-electron chi connectivity index (χ2n) is 3.19. The number of imidazole rings is 1. The quantitative estimate of drug-likeness (QED) is 0.700. The van der Waals surface area contributed by atoms with Gasteiger partial charge in [0.15, 0.2) is 5.88 Å². The van der Waals surface area contributed by atoms with Gasteiger partial charge in [-0.2, -0.15) is 0 Å². The monoisotopic (exact) mass is 176 g/mol. The van der Waals surface area contributed by atoms with Crippen molar-refractivity contribution in [3.8, 4) is 5.88 Å². The van der Waals surface area contributed by atoms with E-state index in [4.69, 9.17) is 4.74 Å². The van der Waals surface area contributed by atoms with Gasteiger partial charge in [-0.15, -0.1) is 0 Å². The highest BCUT2D eigenvalue weighted by Gasteiger charge is 2.02. The lowest BCUT2D eigenvalue weighted by Crippen LogP contribution is -2.08. The molecule has 0 unspecified atom stereocenters. The number of nitrogens with zero attached hydrogens (tertiary/aromatic N) is 2. The first-order valence-electron chi connectivity index (χ1n) is 4.36. The molecule has 3 nitrogen and oxygen atoms in total. The Morgan fingerprint density at radius 3 is 3.00 bits per heavy atom. The van der Waals surface area contributed by atoms with E-state index in [1.807, 2.05) is 42.6 Å². The highest BCUT2D eigenvalue weighted by Crippen LogP contribution is 2.14. The van der Waals surface area contributed by atoms with E-state index >= 15 is 0 Å². The van der Waals surface area contributed by atoms with Crippen LogP contribution in [0, 0.1) is 0 Å². The number of rotatable bonds is 2. The summed E-state index contributed by atoms with van der Waals surface area (Å²) >= 11 is 0. The number of hydrogen-bond donors (Lipinski definition) is 0. The molecule has 0 amide bonds. The summed E-state index contributed by atoms with van der Waals surface area (Å²) in [5.41, 5.74) is 0.915. The summed E-state index contributed by atoms with van der Waals surface area (Å²) in [6.07, 6.45) is 3.85. The third-order valence-corrected chi connectivity index (χ3v) is 1.75. The zero-order valence-corrected chi connectivity index (χ0v) is 7.77. The van der Waals surface area contributed by atoms with Crippen molar-refractivity contribution in [1.29, 1.82) is 0 Å². The first kappa shape index (κ1) is 8.10. The molecular weight excluding hydrogens is 164 g/mol. The van der Waals surface area contributed by atoms with E-state index < -0.39 is 0 Å². The second-order valence-corrected chi connectivity index (χ2v) is 3.19. The Morgan fingerprint density at radius 1 is 1.38 bits per heavy atom. The summed E-state index contributed by atoms with van der Waals surface area (Å²) in [5.74, 6) is 0.838. The normalized spacial score (nSPS) is 11.0. The van der Waals surface area contributed by atoms with Crippen LogP contribution in [-0.2, 0) is 0 Å². The minimum atomic E-state index is 0.188. The van der Waals surface area contributed by atoms with Crippen molar-refractivity contribution in [2.24, 2.45) is 0 Å². The standard InChI is InChI=1S/C10H12N2O/c1-8(2)13-10-5-3-4-9-11-6-7-12(9)10/h3-8H,1-2H3. The van der Waals surface area contributed by atoms with Gasteiger partial charge in [0.25, 0.3) is 0 Å². The summed E-state index contributed by atoms with van der Waals surface area (Å²) in [5, 5.41) is 0. The van der Waals surface area contributed by atoms with Crippen LogP contribution in [-0.4, -0.2) is 15.5 Å². The van der Waals surface area contributed by atoms with Crippen molar-refractivity contribution >= 4 is 5.65 Å². The van der Waals surface area contributed by atoms with Crippen LogP contribution in [0.25, 0.3) is 5.65 Å². The largest absolute Gasteiger partial charge is 0.476 e. The van der Waals surface area contributed by atoms with Crippen LogP contribution >= 0.6 is 0 Å². The van der Waals surface area contributed by atoms with Gasteiger partial charge < -0.3 is 4.74 Å². The van der Waals surface area contributed by atoms with Gasteiger partial charge in [0.1, 0.15) is 5.65 Å². The van der Waals surface area contributed by atoms with E-state index in [2.05, 4.69) is 4.98 Å². The second kappa shape index (κ2) is 3.09. The molecule has 2 heterocycles. The average molecular weight is 176 g/mol. The summed E-state index contributed by atoms with van der Waals surface area (Å²) in [6, 6.07) is 5.84. The van der Waals surface area contributed by atoms with Crippen LogP contribution in [0.5, 0.6) is 5.88 Å². The maximum absolute atomic E-state index is 5.61. The fraction of sp³-hybridized carbons (Fsp3) is 0.300. The third kappa shape index (κ3) is 1.49. The molecule has 3 heteroatoms. The fourth-order valence-electron chi connectivity index (χ4n) is 1.26. The number of aromatic nitrogens is 2. The van der Waals surface area contributed by atoms with Crippen molar-refractivity contribution in [2.75, 3.05) is 0 Å². The van der Waals surface area contributed by atoms with E-state index in [1.165, 1.54) is 0 Å². The SMILES string of the molecule is CC(C)Oc1cccc2nccn12. The van der Waals surface area contributed by atoms with Crippen molar-refractivity contribution < 1.29 is 4.74 Å². The Hall–Kier alpha value is -1.51. The molecule has 0 saturated heterocycles. The van der Waals surface area contributed by atoms with Gasteiger partial charge in [-0.25, -0.2) is 4.98 Å². The number of fused-ring (bicyclic) bond motifs is 1. The predicted octanol–water partition coefficient (Wildman–Crippen LogP) is 2.12. The lowest BCUT2D eigenvalue weighted by atomic mass is 10.4. The molecule has 0 aliphatic heterocycles. The average Bonchev–Trinajstić information content (AvgIpc) is 2.51. The Bertz CT molecular complexity index is 406. The van der Waals surface area contributed by atoms with Gasteiger partial charge in [-0.1, -0.05) is 6.07 Å². The summed E-state index contributed by atoms with van der Waals surface area (Å²) < 4.78 is 7.54. The molecule has 13 heavy (non-hydrogen) atoms. The summed E-state index contributed by atoms with van der Waals surface area (Å²) in [4.78, 5) is 4.17. The predicted molar refractivity (Wildman–Crippen MR) is 51.0 cm³/mol. The van der Waals surface area contributed by atoms with Crippen LogP contribution in [0.2, 0.25) is 0 Å².